The Bertz CT molecular complexity index is 989. The van der Waals surface area contributed by atoms with Crippen LogP contribution in [0.25, 0.3) is 22.5 Å². The van der Waals surface area contributed by atoms with Crippen molar-refractivity contribution in [3.8, 4) is 22.5 Å². The van der Waals surface area contributed by atoms with E-state index < -0.39 is 0 Å². The molecule has 4 rings (SSSR count). The van der Waals surface area contributed by atoms with E-state index in [4.69, 9.17) is 0 Å². The second-order valence-electron chi connectivity index (χ2n) is 6.08. The van der Waals surface area contributed by atoms with E-state index in [0.717, 1.165) is 33.3 Å². The Morgan fingerprint density at radius 1 is 1.00 bits per heavy atom. The molecule has 3 heterocycles. The van der Waals surface area contributed by atoms with Gasteiger partial charge in [-0.25, -0.2) is 4.98 Å². The summed E-state index contributed by atoms with van der Waals surface area (Å²) in [5.41, 5.74) is 3.86. The molecule has 0 saturated heterocycles. The van der Waals surface area contributed by atoms with Gasteiger partial charge in [0.15, 0.2) is 5.82 Å². The third-order valence-electron chi connectivity index (χ3n) is 3.98. The summed E-state index contributed by atoms with van der Waals surface area (Å²) in [5.74, 6) is 0.839. The lowest BCUT2D eigenvalue weighted by atomic mass is 10.1. The minimum atomic E-state index is 0.689. The Hall–Kier alpha value is -3.06. The van der Waals surface area contributed by atoms with Crippen molar-refractivity contribution >= 4 is 17.2 Å². The SMILES string of the molecule is CN(C)c1ccc(-c2cccc(-c3ccn(Cc4nccs4)n3)c2)nn1. The summed E-state index contributed by atoms with van der Waals surface area (Å²) >= 11 is 1.64. The standard InChI is InChI=1S/C19H18N6S/c1-24(2)18-7-6-16(21-22-18)14-4-3-5-15(12-14)17-8-10-25(23-17)13-19-20-9-11-26-19/h3-12H,13H2,1-2H3. The van der Waals surface area contributed by atoms with Gasteiger partial charge in [-0.3, -0.25) is 4.68 Å². The molecule has 0 aliphatic rings. The number of thiazole rings is 1. The van der Waals surface area contributed by atoms with Crippen molar-refractivity contribution in [1.29, 1.82) is 0 Å². The van der Waals surface area contributed by atoms with Crippen LogP contribution in [0.5, 0.6) is 0 Å². The molecule has 26 heavy (non-hydrogen) atoms. The molecule has 0 fully saturated rings. The van der Waals surface area contributed by atoms with Crippen molar-refractivity contribution in [3.05, 3.63) is 65.2 Å². The molecular weight excluding hydrogens is 344 g/mol. The van der Waals surface area contributed by atoms with E-state index in [2.05, 4.69) is 32.4 Å². The molecule has 7 heteroatoms. The Labute approximate surface area is 155 Å². The quantitative estimate of drug-likeness (QED) is 0.543. The molecule has 130 valence electrons. The number of hydrogen-bond acceptors (Lipinski definition) is 6. The Kier molecular flexibility index (Phi) is 4.45. The van der Waals surface area contributed by atoms with Crippen LogP contribution in [-0.4, -0.2) is 39.1 Å². The van der Waals surface area contributed by atoms with Gasteiger partial charge in [0.1, 0.15) is 5.01 Å². The highest BCUT2D eigenvalue weighted by atomic mass is 32.1. The van der Waals surface area contributed by atoms with E-state index in [1.807, 2.05) is 71.8 Å². The molecule has 1 aromatic carbocycles. The van der Waals surface area contributed by atoms with Crippen LogP contribution in [0.3, 0.4) is 0 Å². The van der Waals surface area contributed by atoms with E-state index >= 15 is 0 Å². The minimum absolute atomic E-state index is 0.689. The highest BCUT2D eigenvalue weighted by Crippen LogP contribution is 2.24. The molecule has 0 atom stereocenters. The van der Waals surface area contributed by atoms with Gasteiger partial charge < -0.3 is 4.90 Å². The van der Waals surface area contributed by atoms with Crippen LogP contribution in [0, 0.1) is 0 Å². The van der Waals surface area contributed by atoms with Gasteiger partial charge in [0, 0.05) is 43.0 Å². The Morgan fingerprint density at radius 3 is 2.54 bits per heavy atom. The number of anilines is 1. The Balaban J connectivity index is 1.58. The van der Waals surface area contributed by atoms with Crippen molar-refractivity contribution in [1.82, 2.24) is 25.0 Å². The average molecular weight is 362 g/mol. The third-order valence-corrected chi connectivity index (χ3v) is 4.75. The molecule has 0 unspecified atom stereocenters. The van der Waals surface area contributed by atoms with E-state index in [1.165, 1.54) is 0 Å². The molecular formula is C19H18N6S. The molecule has 0 aliphatic heterocycles. The number of aromatic nitrogens is 5. The van der Waals surface area contributed by atoms with Crippen molar-refractivity contribution in [3.63, 3.8) is 0 Å². The van der Waals surface area contributed by atoms with Crippen LogP contribution in [0.2, 0.25) is 0 Å². The molecule has 0 radical (unpaired) electrons. The van der Waals surface area contributed by atoms with Gasteiger partial charge in [-0.1, -0.05) is 18.2 Å². The number of hydrogen-bond donors (Lipinski definition) is 0. The molecule has 3 aromatic heterocycles. The summed E-state index contributed by atoms with van der Waals surface area (Å²) in [6, 6.07) is 14.2. The van der Waals surface area contributed by atoms with E-state index in [9.17, 15) is 0 Å². The minimum Gasteiger partial charge on any atom is -0.361 e. The first-order valence-electron chi connectivity index (χ1n) is 8.23. The van der Waals surface area contributed by atoms with Crippen molar-refractivity contribution in [2.45, 2.75) is 6.54 Å². The smallest absolute Gasteiger partial charge is 0.150 e. The normalized spacial score (nSPS) is 10.8. The van der Waals surface area contributed by atoms with Gasteiger partial charge in [0.05, 0.1) is 17.9 Å². The van der Waals surface area contributed by atoms with Crippen LogP contribution in [0.15, 0.2) is 60.2 Å². The summed E-state index contributed by atoms with van der Waals surface area (Å²) in [6.45, 7) is 0.689. The maximum absolute atomic E-state index is 4.67. The second kappa shape index (κ2) is 7.05. The van der Waals surface area contributed by atoms with Gasteiger partial charge in [0.25, 0.3) is 0 Å². The summed E-state index contributed by atoms with van der Waals surface area (Å²) in [7, 11) is 3.90. The zero-order valence-corrected chi connectivity index (χ0v) is 15.4. The van der Waals surface area contributed by atoms with Crippen LogP contribution >= 0.6 is 11.3 Å². The van der Waals surface area contributed by atoms with Crippen molar-refractivity contribution in [2.24, 2.45) is 0 Å². The van der Waals surface area contributed by atoms with Crippen LogP contribution in [-0.2, 0) is 6.54 Å². The molecule has 0 amide bonds. The van der Waals surface area contributed by atoms with Crippen LogP contribution < -0.4 is 4.90 Å². The maximum atomic E-state index is 4.67. The number of rotatable bonds is 5. The van der Waals surface area contributed by atoms with Crippen molar-refractivity contribution < 1.29 is 0 Å². The lowest BCUT2D eigenvalue weighted by Crippen LogP contribution is -2.11. The van der Waals surface area contributed by atoms with E-state index in [1.54, 1.807) is 11.3 Å². The van der Waals surface area contributed by atoms with Gasteiger partial charge in [-0.05, 0) is 24.3 Å². The zero-order valence-electron chi connectivity index (χ0n) is 14.6. The fraction of sp³-hybridized carbons (Fsp3) is 0.158. The largest absolute Gasteiger partial charge is 0.361 e. The molecule has 0 N–H and O–H groups in total. The highest BCUT2D eigenvalue weighted by Gasteiger charge is 2.07. The van der Waals surface area contributed by atoms with E-state index in [-0.39, 0.29) is 0 Å². The summed E-state index contributed by atoms with van der Waals surface area (Å²) < 4.78 is 1.91. The first kappa shape index (κ1) is 16.4. The zero-order chi connectivity index (χ0) is 17.9. The predicted octanol–water partition coefficient (Wildman–Crippen LogP) is 3.58. The summed E-state index contributed by atoms with van der Waals surface area (Å²) in [4.78, 5) is 6.24. The summed E-state index contributed by atoms with van der Waals surface area (Å²) in [6.07, 6.45) is 3.80. The lowest BCUT2D eigenvalue weighted by Gasteiger charge is -2.10. The van der Waals surface area contributed by atoms with Crippen LogP contribution in [0.4, 0.5) is 5.82 Å². The van der Waals surface area contributed by atoms with E-state index in [0.29, 0.717) is 6.54 Å². The van der Waals surface area contributed by atoms with Gasteiger partial charge in [-0.2, -0.15) is 5.10 Å². The lowest BCUT2D eigenvalue weighted by molar-refractivity contribution is 0.686. The maximum Gasteiger partial charge on any atom is 0.150 e. The topological polar surface area (TPSA) is 59.7 Å². The highest BCUT2D eigenvalue weighted by molar-refractivity contribution is 7.09. The first-order chi connectivity index (χ1) is 12.7. The Morgan fingerprint density at radius 2 is 1.85 bits per heavy atom. The molecule has 0 aliphatic carbocycles. The fourth-order valence-electron chi connectivity index (χ4n) is 2.63. The van der Waals surface area contributed by atoms with Crippen molar-refractivity contribution in [2.75, 3.05) is 19.0 Å². The van der Waals surface area contributed by atoms with Gasteiger partial charge in [0.2, 0.25) is 0 Å². The molecule has 0 saturated carbocycles. The predicted molar refractivity (Wildman–Crippen MR) is 104 cm³/mol. The molecule has 0 bridgehead atoms. The monoisotopic (exact) mass is 362 g/mol. The molecule has 4 aromatic rings. The number of benzene rings is 1. The van der Waals surface area contributed by atoms with Gasteiger partial charge in [-0.15, -0.1) is 21.5 Å². The number of nitrogens with zero attached hydrogens (tertiary/aromatic N) is 6. The molecule has 6 nitrogen and oxygen atoms in total. The second-order valence-corrected chi connectivity index (χ2v) is 7.06. The van der Waals surface area contributed by atoms with Crippen LogP contribution in [0.1, 0.15) is 5.01 Å². The van der Waals surface area contributed by atoms with Gasteiger partial charge >= 0.3 is 0 Å². The summed E-state index contributed by atoms with van der Waals surface area (Å²) in [5, 5.41) is 16.3. The average Bonchev–Trinajstić information content (AvgIpc) is 3.34. The molecule has 0 spiro atoms. The third kappa shape index (κ3) is 3.48. The fourth-order valence-corrected chi connectivity index (χ4v) is 3.24. The first-order valence-corrected chi connectivity index (χ1v) is 9.11.